The number of amides is 2. The number of carbonyl (C=O) groups is 2. The van der Waals surface area contributed by atoms with Gasteiger partial charge in [0.25, 0.3) is 11.8 Å². The molecule has 3 heterocycles. The number of fused-ring (bicyclic) bond motifs is 1. The highest BCUT2D eigenvalue weighted by atomic mass is 16.7. The Balaban J connectivity index is 1.02. The van der Waals surface area contributed by atoms with Gasteiger partial charge < -0.3 is 28.4 Å². The number of imide groups is 1. The lowest BCUT2D eigenvalue weighted by molar-refractivity contribution is -0.202. The van der Waals surface area contributed by atoms with Crippen molar-refractivity contribution < 1.29 is 38.0 Å². The summed E-state index contributed by atoms with van der Waals surface area (Å²) in [5.41, 5.74) is 3.07. The number of unbranched alkanes of at least 4 members (excludes halogenated alkanes) is 7. The molecule has 2 saturated heterocycles. The Bertz CT molecular complexity index is 1520. The van der Waals surface area contributed by atoms with Gasteiger partial charge in [-0.25, -0.2) is 0 Å². The molecule has 52 heavy (non-hydrogen) atoms. The minimum Gasteiger partial charge on any atom is -0.497 e. The maximum absolute atomic E-state index is 14.0. The number of carbonyl (C=O) groups excluding carboxylic acids is 2. The monoisotopic (exact) mass is 713 g/mol. The fourth-order valence-electron chi connectivity index (χ4n) is 7.83. The van der Waals surface area contributed by atoms with Crippen molar-refractivity contribution in [1.82, 2.24) is 4.90 Å². The lowest BCUT2D eigenvalue weighted by Crippen LogP contribution is -2.61. The van der Waals surface area contributed by atoms with Gasteiger partial charge in [-0.15, -0.1) is 0 Å². The van der Waals surface area contributed by atoms with Gasteiger partial charge in [0.2, 0.25) is 0 Å². The van der Waals surface area contributed by atoms with Crippen LogP contribution in [0.4, 0.5) is 0 Å². The highest BCUT2D eigenvalue weighted by Gasteiger charge is 2.52. The van der Waals surface area contributed by atoms with E-state index in [-0.39, 0.29) is 23.8 Å². The summed E-state index contributed by atoms with van der Waals surface area (Å²) in [6.45, 7) is 5.23. The first-order chi connectivity index (χ1) is 25.5. The fraction of sp³-hybridized carbons (Fsp3) is 0.535. The van der Waals surface area contributed by atoms with Gasteiger partial charge in [0.1, 0.15) is 5.75 Å². The number of hydrogen-bond acceptors (Lipinski definition) is 8. The molecule has 0 radical (unpaired) electrons. The van der Waals surface area contributed by atoms with E-state index in [1.807, 2.05) is 73.7 Å². The normalized spacial score (nSPS) is 22.5. The standard InChI is InChI=1S/C43H55NO8/c1-43(51-26-27-52-43)28-34-31-49-38(20-12-7-5-3-4-6-8-15-25-48-29-33-21-23-35(47-2)24-22-33)39(40(34)50-30-32-16-10-9-11-17-32)44-41(45)36-18-13-14-19-37(36)42(44)46/h9-11,13-14,16-19,21-24,34,38-40H,3-8,12,15,20,25-31H2,1-2H3/t34-,38+,39+,40+/m1/s1. The highest BCUT2D eigenvalue weighted by molar-refractivity contribution is 6.21. The zero-order valence-electron chi connectivity index (χ0n) is 30.8. The van der Waals surface area contributed by atoms with E-state index < -0.39 is 17.9 Å². The number of nitrogens with zero attached hydrogens (tertiary/aromatic N) is 1. The molecule has 0 aromatic heterocycles. The van der Waals surface area contributed by atoms with E-state index in [4.69, 9.17) is 28.4 Å². The number of rotatable bonds is 20. The SMILES string of the molecule is COc1ccc(COCCCCCCCCCC[C@@H]2OC[C@@H](CC3(C)OCCO3)[C@H](OCc3ccccc3)[C@H]2N2C(=O)c3ccccc3C2=O)cc1. The van der Waals surface area contributed by atoms with E-state index in [0.29, 0.717) is 50.6 Å². The Morgan fingerprint density at radius 1 is 0.731 bits per heavy atom. The van der Waals surface area contributed by atoms with Crippen molar-refractivity contribution >= 4 is 11.8 Å². The molecule has 0 saturated carbocycles. The third kappa shape index (κ3) is 9.88. The van der Waals surface area contributed by atoms with Crippen LogP contribution in [0.2, 0.25) is 0 Å². The molecule has 2 fully saturated rings. The maximum Gasteiger partial charge on any atom is 0.261 e. The fourth-order valence-corrected chi connectivity index (χ4v) is 7.83. The molecule has 0 aliphatic carbocycles. The van der Waals surface area contributed by atoms with Crippen molar-refractivity contribution in [2.75, 3.05) is 33.5 Å². The van der Waals surface area contributed by atoms with Crippen molar-refractivity contribution in [1.29, 1.82) is 0 Å². The summed E-state index contributed by atoms with van der Waals surface area (Å²) in [6.07, 6.45) is 9.47. The van der Waals surface area contributed by atoms with Crippen LogP contribution in [0.5, 0.6) is 5.75 Å². The summed E-state index contributed by atoms with van der Waals surface area (Å²) in [6, 6.07) is 24.6. The summed E-state index contributed by atoms with van der Waals surface area (Å²) in [7, 11) is 1.67. The molecule has 0 N–H and O–H groups in total. The largest absolute Gasteiger partial charge is 0.497 e. The first kappa shape index (κ1) is 38.1. The average molecular weight is 714 g/mol. The average Bonchev–Trinajstić information content (AvgIpc) is 3.71. The minimum atomic E-state index is -0.772. The second-order valence-corrected chi connectivity index (χ2v) is 14.5. The van der Waals surface area contributed by atoms with Crippen molar-refractivity contribution in [2.45, 2.75) is 108 Å². The van der Waals surface area contributed by atoms with E-state index in [1.54, 1.807) is 19.2 Å². The predicted octanol–water partition coefficient (Wildman–Crippen LogP) is 8.14. The van der Waals surface area contributed by atoms with Crippen LogP contribution < -0.4 is 4.74 Å². The van der Waals surface area contributed by atoms with Crippen LogP contribution in [0.25, 0.3) is 0 Å². The number of benzene rings is 3. The molecule has 2 amide bonds. The van der Waals surface area contributed by atoms with E-state index in [1.165, 1.54) is 30.6 Å². The molecule has 280 valence electrons. The molecule has 0 spiro atoms. The number of hydrogen-bond donors (Lipinski definition) is 0. The summed E-state index contributed by atoms with van der Waals surface area (Å²) >= 11 is 0. The zero-order valence-corrected chi connectivity index (χ0v) is 30.8. The summed E-state index contributed by atoms with van der Waals surface area (Å²) < 4.78 is 36.5. The minimum absolute atomic E-state index is 0.148. The summed E-state index contributed by atoms with van der Waals surface area (Å²) in [5.74, 6) is -0.617. The Kier molecular flexibility index (Phi) is 13.9. The molecular formula is C43H55NO8. The molecule has 3 aromatic carbocycles. The quantitative estimate of drug-likeness (QED) is 0.0856. The van der Waals surface area contributed by atoms with Gasteiger partial charge in [0.15, 0.2) is 5.79 Å². The molecule has 0 unspecified atom stereocenters. The Morgan fingerprint density at radius 3 is 1.98 bits per heavy atom. The second-order valence-electron chi connectivity index (χ2n) is 14.5. The van der Waals surface area contributed by atoms with Crippen LogP contribution >= 0.6 is 0 Å². The van der Waals surface area contributed by atoms with Gasteiger partial charge in [-0.3, -0.25) is 14.5 Å². The van der Waals surface area contributed by atoms with E-state index in [0.717, 1.165) is 55.6 Å². The van der Waals surface area contributed by atoms with Crippen LogP contribution in [0, 0.1) is 5.92 Å². The highest BCUT2D eigenvalue weighted by Crippen LogP contribution is 2.39. The molecular weight excluding hydrogens is 658 g/mol. The lowest BCUT2D eigenvalue weighted by atomic mass is 9.83. The molecule has 3 aliphatic rings. The van der Waals surface area contributed by atoms with Gasteiger partial charge in [0.05, 0.1) is 69.5 Å². The van der Waals surface area contributed by atoms with Gasteiger partial charge in [-0.1, -0.05) is 99.5 Å². The molecule has 0 bridgehead atoms. The summed E-state index contributed by atoms with van der Waals surface area (Å²) in [5, 5.41) is 0. The Labute approximate surface area is 308 Å². The smallest absolute Gasteiger partial charge is 0.261 e. The third-order valence-electron chi connectivity index (χ3n) is 10.6. The van der Waals surface area contributed by atoms with E-state index in [2.05, 4.69) is 0 Å². The van der Waals surface area contributed by atoms with Crippen LogP contribution in [-0.4, -0.2) is 74.3 Å². The number of ether oxygens (including phenoxy) is 6. The Hall–Kier alpha value is -3.60. The third-order valence-corrected chi connectivity index (χ3v) is 10.6. The second kappa shape index (κ2) is 18.9. The molecule has 9 nitrogen and oxygen atoms in total. The van der Waals surface area contributed by atoms with Crippen molar-refractivity contribution in [3.05, 3.63) is 101 Å². The van der Waals surface area contributed by atoms with Crippen LogP contribution in [0.15, 0.2) is 78.9 Å². The molecule has 4 atom stereocenters. The van der Waals surface area contributed by atoms with Crippen LogP contribution in [-0.2, 0) is 36.9 Å². The van der Waals surface area contributed by atoms with Crippen molar-refractivity contribution in [3.8, 4) is 5.75 Å². The van der Waals surface area contributed by atoms with Gasteiger partial charge in [-0.05, 0) is 55.2 Å². The van der Waals surface area contributed by atoms with Gasteiger partial charge in [0, 0.05) is 18.9 Å². The maximum atomic E-state index is 14.0. The first-order valence-corrected chi connectivity index (χ1v) is 19.2. The lowest BCUT2D eigenvalue weighted by Gasteiger charge is -2.47. The van der Waals surface area contributed by atoms with Gasteiger partial charge in [-0.2, -0.15) is 0 Å². The topological polar surface area (TPSA) is 92.8 Å². The van der Waals surface area contributed by atoms with Crippen molar-refractivity contribution in [2.24, 2.45) is 5.92 Å². The first-order valence-electron chi connectivity index (χ1n) is 19.2. The molecule has 3 aliphatic heterocycles. The summed E-state index contributed by atoms with van der Waals surface area (Å²) in [4.78, 5) is 29.4. The van der Waals surface area contributed by atoms with Crippen LogP contribution in [0.1, 0.15) is 103 Å². The molecule has 3 aromatic rings. The van der Waals surface area contributed by atoms with Crippen LogP contribution in [0.3, 0.4) is 0 Å². The van der Waals surface area contributed by atoms with Gasteiger partial charge >= 0.3 is 0 Å². The van der Waals surface area contributed by atoms with E-state index >= 15 is 0 Å². The predicted molar refractivity (Wildman–Crippen MR) is 198 cm³/mol. The number of methoxy groups -OCH3 is 1. The molecule has 9 heteroatoms. The molecule has 6 rings (SSSR count). The zero-order chi connectivity index (χ0) is 36.2. The Morgan fingerprint density at radius 2 is 1.33 bits per heavy atom. The van der Waals surface area contributed by atoms with Crippen molar-refractivity contribution in [3.63, 3.8) is 0 Å². The van der Waals surface area contributed by atoms with E-state index in [9.17, 15) is 9.59 Å².